The molecule has 0 amide bonds. The largest absolute Gasteiger partial charge is 0.493 e. The lowest BCUT2D eigenvalue weighted by Gasteiger charge is -2.23. The van der Waals surface area contributed by atoms with Crippen molar-refractivity contribution < 1.29 is 18.7 Å². The van der Waals surface area contributed by atoms with E-state index < -0.39 is 0 Å². The van der Waals surface area contributed by atoms with E-state index in [1.165, 1.54) is 18.2 Å². The minimum Gasteiger partial charge on any atom is -0.493 e. The number of hydrogen-bond donors (Lipinski definition) is 0. The van der Waals surface area contributed by atoms with Crippen LogP contribution in [0.1, 0.15) is 62.1 Å². The quantitative estimate of drug-likeness (QED) is 0.383. The molecule has 0 saturated heterocycles. The molecule has 4 rings (SSSR count). The van der Waals surface area contributed by atoms with E-state index >= 15 is 0 Å². The van der Waals surface area contributed by atoms with E-state index in [2.05, 4.69) is 37.9 Å². The van der Waals surface area contributed by atoms with E-state index in [0.717, 1.165) is 35.6 Å². The second kappa shape index (κ2) is 9.42. The van der Waals surface area contributed by atoms with Gasteiger partial charge in [-0.1, -0.05) is 45.0 Å². The first kappa shape index (κ1) is 23.1. The molecule has 0 saturated carbocycles. The van der Waals surface area contributed by atoms with Crippen LogP contribution in [0.15, 0.2) is 52.9 Å². The molecular formula is C28H33NO4. The fraction of sp³-hybridized carbons (Fsp3) is 0.429. The number of fused-ring (bicyclic) bond motifs is 1. The van der Waals surface area contributed by atoms with Gasteiger partial charge in [0.05, 0.1) is 25.3 Å². The zero-order valence-corrected chi connectivity index (χ0v) is 20.2. The Labute approximate surface area is 196 Å². The number of oxazole rings is 1. The first-order valence-corrected chi connectivity index (χ1v) is 11.7. The van der Waals surface area contributed by atoms with Crippen LogP contribution in [0.4, 0.5) is 0 Å². The van der Waals surface area contributed by atoms with Crippen molar-refractivity contribution in [3.63, 3.8) is 0 Å². The fourth-order valence-corrected chi connectivity index (χ4v) is 5.06. The highest BCUT2D eigenvalue weighted by Crippen LogP contribution is 2.50. The summed E-state index contributed by atoms with van der Waals surface area (Å²) in [4.78, 5) is 17.0. The van der Waals surface area contributed by atoms with Gasteiger partial charge in [-0.05, 0) is 66.5 Å². The molecule has 0 bridgehead atoms. The van der Waals surface area contributed by atoms with E-state index in [-0.39, 0.29) is 23.2 Å². The third kappa shape index (κ3) is 4.68. The number of aryl methyl sites for hydroxylation is 1. The summed E-state index contributed by atoms with van der Waals surface area (Å²) in [6.07, 6.45) is 2.37. The number of ether oxygens (including phenoxy) is 2. The van der Waals surface area contributed by atoms with Crippen LogP contribution in [0.25, 0.3) is 11.5 Å². The molecule has 1 aliphatic rings. The van der Waals surface area contributed by atoms with Crippen LogP contribution in [-0.2, 0) is 21.4 Å². The molecule has 5 heteroatoms. The third-order valence-electron chi connectivity index (χ3n) is 6.83. The van der Waals surface area contributed by atoms with Gasteiger partial charge in [0.2, 0.25) is 5.89 Å². The molecule has 3 aromatic rings. The van der Waals surface area contributed by atoms with Gasteiger partial charge in [0.15, 0.2) is 0 Å². The van der Waals surface area contributed by atoms with E-state index in [4.69, 9.17) is 13.9 Å². The Bertz CT molecular complexity index is 1120. The number of aromatic nitrogens is 1. The number of carbonyl (C=O) groups excluding carboxylic acids is 1. The Morgan fingerprint density at radius 3 is 2.67 bits per heavy atom. The Kier molecular flexibility index (Phi) is 6.59. The van der Waals surface area contributed by atoms with Crippen LogP contribution >= 0.6 is 0 Å². The average Bonchev–Trinajstić information content (AvgIpc) is 3.31. The van der Waals surface area contributed by atoms with Gasteiger partial charge in [-0.25, -0.2) is 4.98 Å². The predicted molar refractivity (Wildman–Crippen MR) is 128 cm³/mol. The van der Waals surface area contributed by atoms with Crippen molar-refractivity contribution in [2.45, 2.75) is 58.3 Å². The SMILES string of the molecule is CC[C@H](C(=O)OC)[C@@H]1CC(C)(C)c2cc(OCCc3nc(-c4ccccc4)oc3C)ccc21. The van der Waals surface area contributed by atoms with Gasteiger partial charge in [0, 0.05) is 12.0 Å². The van der Waals surface area contributed by atoms with E-state index in [1.807, 2.05) is 43.3 Å². The summed E-state index contributed by atoms with van der Waals surface area (Å²) >= 11 is 0. The topological polar surface area (TPSA) is 61.6 Å². The van der Waals surface area contributed by atoms with Crippen LogP contribution in [0, 0.1) is 12.8 Å². The Morgan fingerprint density at radius 1 is 1.21 bits per heavy atom. The van der Waals surface area contributed by atoms with Crippen LogP contribution in [0.5, 0.6) is 5.75 Å². The van der Waals surface area contributed by atoms with E-state index in [9.17, 15) is 4.79 Å². The number of hydrogen-bond acceptors (Lipinski definition) is 5. The maximum absolute atomic E-state index is 12.4. The molecule has 0 radical (unpaired) electrons. The highest BCUT2D eigenvalue weighted by molar-refractivity contribution is 5.74. The maximum atomic E-state index is 12.4. The van der Waals surface area contributed by atoms with E-state index in [0.29, 0.717) is 18.9 Å². The van der Waals surface area contributed by atoms with Crippen molar-refractivity contribution in [1.29, 1.82) is 0 Å². The molecule has 0 unspecified atom stereocenters. The molecule has 5 nitrogen and oxygen atoms in total. The predicted octanol–water partition coefficient (Wildman–Crippen LogP) is 6.24. The summed E-state index contributed by atoms with van der Waals surface area (Å²) in [5.74, 6) is 2.25. The van der Waals surface area contributed by atoms with Crippen molar-refractivity contribution in [3.05, 3.63) is 71.1 Å². The first-order valence-electron chi connectivity index (χ1n) is 11.7. The Morgan fingerprint density at radius 2 is 1.97 bits per heavy atom. The number of esters is 1. The average molecular weight is 448 g/mol. The molecule has 2 aromatic carbocycles. The van der Waals surface area contributed by atoms with Gasteiger partial charge in [-0.3, -0.25) is 4.79 Å². The molecule has 174 valence electrons. The van der Waals surface area contributed by atoms with Crippen LogP contribution in [0.2, 0.25) is 0 Å². The molecular weight excluding hydrogens is 414 g/mol. The molecule has 0 aliphatic heterocycles. The van der Waals surface area contributed by atoms with Gasteiger partial charge in [0.25, 0.3) is 0 Å². The second-order valence-corrected chi connectivity index (χ2v) is 9.47. The number of methoxy groups -OCH3 is 1. The summed E-state index contributed by atoms with van der Waals surface area (Å²) in [6.45, 7) is 8.99. The van der Waals surface area contributed by atoms with Crippen molar-refractivity contribution in [2.24, 2.45) is 5.92 Å². The van der Waals surface area contributed by atoms with Gasteiger partial charge in [-0.15, -0.1) is 0 Å². The highest BCUT2D eigenvalue weighted by atomic mass is 16.5. The van der Waals surface area contributed by atoms with E-state index in [1.54, 1.807) is 0 Å². The monoisotopic (exact) mass is 447 g/mol. The normalized spacial score (nSPS) is 17.4. The van der Waals surface area contributed by atoms with Gasteiger partial charge < -0.3 is 13.9 Å². The van der Waals surface area contributed by atoms with Crippen LogP contribution in [0.3, 0.4) is 0 Å². The first-order chi connectivity index (χ1) is 15.8. The Hall–Kier alpha value is -3.08. The number of nitrogens with zero attached hydrogens (tertiary/aromatic N) is 1. The highest BCUT2D eigenvalue weighted by Gasteiger charge is 2.42. The lowest BCUT2D eigenvalue weighted by molar-refractivity contribution is -0.146. The Balaban J connectivity index is 1.46. The minimum atomic E-state index is -0.121. The summed E-state index contributed by atoms with van der Waals surface area (Å²) in [5.41, 5.74) is 4.37. The zero-order valence-electron chi connectivity index (χ0n) is 20.2. The lowest BCUT2D eigenvalue weighted by atomic mass is 9.82. The molecule has 1 aliphatic carbocycles. The summed E-state index contributed by atoms with van der Waals surface area (Å²) in [6, 6.07) is 16.2. The fourth-order valence-electron chi connectivity index (χ4n) is 5.06. The van der Waals surface area contributed by atoms with Crippen molar-refractivity contribution in [3.8, 4) is 17.2 Å². The smallest absolute Gasteiger partial charge is 0.309 e. The molecule has 0 fully saturated rings. The van der Waals surface area contributed by atoms with Crippen molar-refractivity contribution in [1.82, 2.24) is 4.98 Å². The molecule has 1 heterocycles. The molecule has 33 heavy (non-hydrogen) atoms. The third-order valence-corrected chi connectivity index (χ3v) is 6.83. The maximum Gasteiger partial charge on any atom is 0.309 e. The number of carbonyl (C=O) groups is 1. The lowest BCUT2D eigenvalue weighted by Crippen LogP contribution is -2.23. The minimum absolute atomic E-state index is 0.0197. The van der Waals surface area contributed by atoms with Crippen LogP contribution in [-0.4, -0.2) is 24.7 Å². The van der Waals surface area contributed by atoms with Gasteiger partial charge in [-0.2, -0.15) is 0 Å². The summed E-state index contributed by atoms with van der Waals surface area (Å²) in [7, 11) is 1.47. The summed E-state index contributed by atoms with van der Waals surface area (Å²) < 4.78 is 17.1. The molecule has 0 spiro atoms. The molecule has 1 aromatic heterocycles. The van der Waals surface area contributed by atoms with Gasteiger partial charge >= 0.3 is 5.97 Å². The van der Waals surface area contributed by atoms with Crippen molar-refractivity contribution in [2.75, 3.05) is 13.7 Å². The van der Waals surface area contributed by atoms with Crippen molar-refractivity contribution >= 4 is 5.97 Å². The second-order valence-electron chi connectivity index (χ2n) is 9.47. The molecule has 0 N–H and O–H groups in total. The number of benzene rings is 2. The molecule has 2 atom stereocenters. The van der Waals surface area contributed by atoms with Crippen LogP contribution < -0.4 is 4.74 Å². The standard InChI is InChI=1S/C28H33NO4/c1-6-21(27(30)31-5)23-17-28(3,4)24-16-20(12-13-22(23)24)32-15-14-25-18(2)33-26(29-25)19-10-8-7-9-11-19/h7-13,16,21,23H,6,14-15,17H2,1-5H3/t21-,23-/m0/s1. The van der Waals surface area contributed by atoms with Gasteiger partial charge in [0.1, 0.15) is 11.5 Å². The zero-order chi connectivity index (χ0) is 23.6. The summed E-state index contributed by atoms with van der Waals surface area (Å²) in [5, 5.41) is 0. The number of rotatable bonds is 8.